The molecule has 0 unspecified atom stereocenters. The van der Waals surface area contributed by atoms with Gasteiger partial charge in [0.15, 0.2) is 5.76 Å². The Balaban J connectivity index is 2.82. The largest absolute Gasteiger partial charge is 0.519 e. The quantitative estimate of drug-likeness (QED) is 0.597. The van der Waals surface area contributed by atoms with E-state index >= 15 is 0 Å². The Hall–Kier alpha value is -1.52. The number of ether oxygens (including phenoxy) is 1. The average Bonchev–Trinajstić information content (AvgIpc) is 2.30. The van der Waals surface area contributed by atoms with Gasteiger partial charge in [0.2, 0.25) is 0 Å². The van der Waals surface area contributed by atoms with E-state index < -0.39 is 11.8 Å². The third-order valence-corrected chi connectivity index (χ3v) is 1.23. The van der Waals surface area contributed by atoms with Crippen molar-refractivity contribution >= 4 is 5.97 Å². The van der Waals surface area contributed by atoms with Crippen LogP contribution in [0.25, 0.3) is 0 Å². The highest BCUT2D eigenvalue weighted by molar-refractivity contribution is 5.82. The Morgan fingerprint density at radius 3 is 2.58 bits per heavy atom. The Bertz CT molecular complexity index is 332. The fourth-order valence-electron chi connectivity index (χ4n) is 0.655. The SMILES string of the molecule is COC(=O)[CH]c1oc(=O)oc1C. The number of carbonyl (C=O) groups excluding carboxylic acids is 1. The zero-order chi connectivity index (χ0) is 9.14. The maximum Gasteiger partial charge on any atom is 0.519 e. The summed E-state index contributed by atoms with van der Waals surface area (Å²) >= 11 is 0. The summed E-state index contributed by atoms with van der Waals surface area (Å²) in [4.78, 5) is 21.1. The van der Waals surface area contributed by atoms with Gasteiger partial charge >= 0.3 is 11.8 Å². The van der Waals surface area contributed by atoms with Crippen molar-refractivity contribution in [3.05, 3.63) is 28.6 Å². The van der Waals surface area contributed by atoms with Gasteiger partial charge < -0.3 is 13.6 Å². The molecule has 5 nitrogen and oxygen atoms in total. The topological polar surface area (TPSA) is 69.7 Å². The van der Waals surface area contributed by atoms with Gasteiger partial charge in [-0.3, -0.25) is 4.79 Å². The van der Waals surface area contributed by atoms with Crippen LogP contribution in [-0.2, 0) is 9.53 Å². The normalized spacial score (nSPS) is 9.83. The predicted octanol–water partition coefficient (Wildman–Crippen LogP) is 0.267. The molecule has 0 atom stereocenters. The lowest BCUT2D eigenvalue weighted by Crippen LogP contribution is -2.01. The number of hydrogen-bond donors (Lipinski definition) is 0. The lowest BCUT2D eigenvalue weighted by Gasteiger charge is -1.92. The fourth-order valence-corrected chi connectivity index (χ4v) is 0.655. The summed E-state index contributed by atoms with van der Waals surface area (Å²) in [5, 5.41) is 0. The van der Waals surface area contributed by atoms with Gasteiger partial charge in [-0.05, 0) is 6.92 Å². The highest BCUT2D eigenvalue weighted by Gasteiger charge is 2.13. The summed E-state index contributed by atoms with van der Waals surface area (Å²) in [5.74, 6) is -1.08. The Labute approximate surface area is 67.9 Å². The van der Waals surface area contributed by atoms with Gasteiger partial charge in [0.25, 0.3) is 0 Å². The van der Waals surface area contributed by atoms with Crippen molar-refractivity contribution in [2.75, 3.05) is 7.11 Å². The number of methoxy groups -OCH3 is 1. The molecule has 0 fully saturated rings. The molecule has 0 aromatic carbocycles. The molecule has 0 bridgehead atoms. The van der Waals surface area contributed by atoms with Crippen molar-refractivity contribution in [3.8, 4) is 0 Å². The summed E-state index contributed by atoms with van der Waals surface area (Å²) in [5.41, 5.74) is 0. The monoisotopic (exact) mass is 171 g/mol. The average molecular weight is 171 g/mol. The van der Waals surface area contributed by atoms with Crippen molar-refractivity contribution in [1.82, 2.24) is 0 Å². The number of esters is 1. The zero-order valence-electron chi connectivity index (χ0n) is 6.62. The first kappa shape index (κ1) is 8.58. The van der Waals surface area contributed by atoms with Crippen LogP contribution < -0.4 is 5.82 Å². The molecule has 0 N–H and O–H groups in total. The maximum atomic E-state index is 10.7. The van der Waals surface area contributed by atoms with E-state index in [-0.39, 0.29) is 11.5 Å². The lowest BCUT2D eigenvalue weighted by molar-refractivity contribution is -0.136. The molecule has 0 aliphatic rings. The van der Waals surface area contributed by atoms with Gasteiger partial charge in [0.1, 0.15) is 12.2 Å². The van der Waals surface area contributed by atoms with Crippen LogP contribution in [0.15, 0.2) is 13.6 Å². The van der Waals surface area contributed by atoms with Crippen LogP contribution in [0, 0.1) is 13.3 Å². The maximum absolute atomic E-state index is 10.7. The summed E-state index contributed by atoms with van der Waals surface area (Å²) in [6, 6.07) is 0. The van der Waals surface area contributed by atoms with E-state index in [2.05, 4.69) is 13.6 Å². The van der Waals surface area contributed by atoms with Crippen LogP contribution in [0.4, 0.5) is 0 Å². The van der Waals surface area contributed by atoms with E-state index in [1.807, 2.05) is 0 Å². The first-order chi connectivity index (χ1) is 5.63. The van der Waals surface area contributed by atoms with E-state index in [9.17, 15) is 9.59 Å². The van der Waals surface area contributed by atoms with Crippen LogP contribution in [-0.4, -0.2) is 13.1 Å². The van der Waals surface area contributed by atoms with Crippen molar-refractivity contribution < 1.29 is 18.4 Å². The van der Waals surface area contributed by atoms with Crippen LogP contribution in [0.5, 0.6) is 0 Å². The third-order valence-electron chi connectivity index (χ3n) is 1.23. The van der Waals surface area contributed by atoms with Gasteiger partial charge in [-0.25, -0.2) is 4.79 Å². The van der Waals surface area contributed by atoms with Gasteiger partial charge in [-0.15, -0.1) is 0 Å². The molecule has 1 radical (unpaired) electrons. The van der Waals surface area contributed by atoms with Crippen molar-refractivity contribution in [3.63, 3.8) is 0 Å². The van der Waals surface area contributed by atoms with E-state index in [0.29, 0.717) is 0 Å². The molecule has 0 aliphatic carbocycles. The van der Waals surface area contributed by atoms with Gasteiger partial charge in [0, 0.05) is 0 Å². The van der Waals surface area contributed by atoms with E-state index in [4.69, 9.17) is 0 Å². The molecular formula is C7H7O5. The highest BCUT2D eigenvalue weighted by atomic mass is 16.6. The van der Waals surface area contributed by atoms with Gasteiger partial charge in [-0.1, -0.05) is 0 Å². The summed E-state index contributed by atoms with van der Waals surface area (Å²) in [6.45, 7) is 1.51. The molecule has 0 saturated carbocycles. The van der Waals surface area contributed by atoms with Gasteiger partial charge in [-0.2, -0.15) is 0 Å². The Morgan fingerprint density at radius 1 is 1.50 bits per heavy atom. The minimum Gasteiger partial charge on any atom is -0.468 e. The third kappa shape index (κ3) is 1.75. The van der Waals surface area contributed by atoms with Crippen LogP contribution in [0.3, 0.4) is 0 Å². The molecule has 5 heteroatoms. The summed E-state index contributed by atoms with van der Waals surface area (Å²) in [7, 11) is 1.23. The van der Waals surface area contributed by atoms with Crippen LogP contribution >= 0.6 is 0 Å². The standard InChI is InChI=1S/C7H7O5/c1-4-5(3-6(8)10-2)12-7(9)11-4/h3H,1-2H3. The predicted molar refractivity (Wildman–Crippen MR) is 37.4 cm³/mol. The number of rotatable bonds is 2. The van der Waals surface area contributed by atoms with Gasteiger partial charge in [0.05, 0.1) is 7.11 Å². The minimum atomic E-state index is -0.831. The van der Waals surface area contributed by atoms with Crippen molar-refractivity contribution in [2.24, 2.45) is 0 Å². The molecule has 0 saturated heterocycles. The Kier molecular flexibility index (Phi) is 2.32. The lowest BCUT2D eigenvalue weighted by atomic mass is 10.3. The molecule has 0 amide bonds. The number of carbonyl (C=O) groups is 1. The first-order valence-corrected chi connectivity index (χ1v) is 3.16. The molecule has 1 aromatic rings. The fraction of sp³-hybridized carbons (Fsp3) is 0.286. The minimum absolute atomic E-state index is 0.0897. The van der Waals surface area contributed by atoms with E-state index in [0.717, 1.165) is 6.42 Å². The molecular weight excluding hydrogens is 164 g/mol. The summed E-state index contributed by atoms with van der Waals surface area (Å²) in [6.07, 6.45) is 1.04. The first-order valence-electron chi connectivity index (χ1n) is 3.16. The molecule has 1 aromatic heterocycles. The number of aryl methyl sites for hydroxylation is 1. The molecule has 0 aliphatic heterocycles. The molecule has 1 rings (SSSR count). The highest BCUT2D eigenvalue weighted by Crippen LogP contribution is 2.07. The van der Waals surface area contributed by atoms with E-state index in [1.54, 1.807) is 0 Å². The van der Waals surface area contributed by atoms with E-state index in [1.165, 1.54) is 14.0 Å². The summed E-state index contributed by atoms with van der Waals surface area (Å²) < 4.78 is 13.3. The smallest absolute Gasteiger partial charge is 0.468 e. The second-order valence-corrected chi connectivity index (χ2v) is 2.04. The molecule has 65 valence electrons. The number of hydrogen-bond acceptors (Lipinski definition) is 5. The second-order valence-electron chi connectivity index (χ2n) is 2.04. The molecule has 12 heavy (non-hydrogen) atoms. The second kappa shape index (κ2) is 3.25. The van der Waals surface area contributed by atoms with Crippen molar-refractivity contribution in [1.29, 1.82) is 0 Å². The van der Waals surface area contributed by atoms with Crippen LogP contribution in [0.2, 0.25) is 0 Å². The molecule has 0 spiro atoms. The Morgan fingerprint density at radius 2 is 2.17 bits per heavy atom. The van der Waals surface area contributed by atoms with Crippen molar-refractivity contribution in [2.45, 2.75) is 6.92 Å². The molecule has 1 heterocycles. The zero-order valence-corrected chi connectivity index (χ0v) is 6.62. The van der Waals surface area contributed by atoms with Crippen LogP contribution in [0.1, 0.15) is 11.5 Å².